The van der Waals surface area contributed by atoms with Gasteiger partial charge in [0.1, 0.15) is 0 Å². The third-order valence-corrected chi connectivity index (χ3v) is 5.28. The molecule has 0 amide bonds. The molecule has 1 aliphatic heterocycles. The number of nitrogen functional groups attached to an aromatic ring is 1. The van der Waals surface area contributed by atoms with Crippen LogP contribution in [0.4, 0.5) is 5.95 Å². The lowest BCUT2D eigenvalue weighted by Crippen LogP contribution is -2.29. The van der Waals surface area contributed by atoms with Crippen molar-refractivity contribution in [2.75, 3.05) is 5.73 Å². The van der Waals surface area contributed by atoms with Gasteiger partial charge in [-0.3, -0.25) is 0 Å². The predicted molar refractivity (Wildman–Crippen MR) is 89.0 cm³/mol. The highest BCUT2D eigenvalue weighted by atomic mass is 16.3. The number of fused-ring (bicyclic) bond motifs is 4. The first kappa shape index (κ1) is 13.7. The summed E-state index contributed by atoms with van der Waals surface area (Å²) < 4.78 is 2.18. The van der Waals surface area contributed by atoms with Gasteiger partial charge in [-0.25, -0.2) is 15.0 Å². The lowest BCUT2D eigenvalue weighted by molar-refractivity contribution is 0.0707. The van der Waals surface area contributed by atoms with Crippen LogP contribution in [-0.2, 0) is 6.42 Å². The van der Waals surface area contributed by atoms with Crippen LogP contribution in [0.3, 0.4) is 0 Å². The van der Waals surface area contributed by atoms with Crippen LogP contribution in [0.2, 0.25) is 0 Å². The summed E-state index contributed by atoms with van der Waals surface area (Å²) in [7, 11) is 0. The van der Waals surface area contributed by atoms with Crippen LogP contribution in [0, 0.1) is 5.92 Å². The Labute approximate surface area is 139 Å². The highest BCUT2D eigenvalue weighted by Gasteiger charge is 2.40. The largest absolute Gasteiger partial charge is 0.388 e. The molecule has 0 radical (unpaired) electrons. The minimum atomic E-state index is -0.610. The van der Waals surface area contributed by atoms with Crippen molar-refractivity contribution in [3.63, 3.8) is 0 Å². The summed E-state index contributed by atoms with van der Waals surface area (Å²) in [5.41, 5.74) is 10.9. The molecular formula is C18H17N5O. The zero-order valence-electron chi connectivity index (χ0n) is 13.0. The first-order valence-electron chi connectivity index (χ1n) is 8.14. The van der Waals surface area contributed by atoms with Crippen molar-refractivity contribution in [3.05, 3.63) is 59.8 Å². The number of aliphatic hydroxyl groups excluding tert-OH is 1. The van der Waals surface area contributed by atoms with Gasteiger partial charge in [-0.05, 0) is 18.4 Å². The average Bonchev–Trinajstić information content (AvgIpc) is 3.16. The van der Waals surface area contributed by atoms with Gasteiger partial charge in [0.2, 0.25) is 5.95 Å². The van der Waals surface area contributed by atoms with Crippen molar-refractivity contribution in [2.24, 2.45) is 5.92 Å². The molecule has 24 heavy (non-hydrogen) atoms. The van der Waals surface area contributed by atoms with E-state index in [2.05, 4.69) is 37.7 Å². The molecule has 3 N–H and O–H groups in total. The van der Waals surface area contributed by atoms with Crippen LogP contribution in [0.1, 0.15) is 35.4 Å². The molecule has 6 heteroatoms. The molecule has 1 aromatic carbocycles. The maximum atomic E-state index is 11.0. The van der Waals surface area contributed by atoms with Crippen molar-refractivity contribution in [2.45, 2.75) is 25.0 Å². The molecular weight excluding hydrogens is 302 g/mol. The van der Waals surface area contributed by atoms with E-state index in [1.54, 1.807) is 6.20 Å². The number of nitrogens with two attached hydrogens (primary N) is 1. The summed E-state index contributed by atoms with van der Waals surface area (Å²) in [4.78, 5) is 12.7. The molecule has 3 aromatic rings. The smallest absolute Gasteiger partial charge is 0.220 e. The Hall–Kier alpha value is -2.73. The van der Waals surface area contributed by atoms with Crippen LogP contribution in [0.15, 0.2) is 43.0 Å². The van der Waals surface area contributed by atoms with Crippen molar-refractivity contribution in [1.29, 1.82) is 0 Å². The number of aliphatic hydroxyl groups is 1. The predicted octanol–water partition coefficient (Wildman–Crippen LogP) is 2.12. The average molecular weight is 319 g/mol. The van der Waals surface area contributed by atoms with E-state index in [-0.39, 0.29) is 17.9 Å². The standard InChI is InChI=1S/C18H17N5O/c19-18-21-7-13-14(22-18)6-5-12(17(13)24)16-11-4-2-1-3-10(11)15-8-20-9-23(15)16/h1-4,7-9,12,16-17,24H,5-6H2,(H2,19,21,22)/t12-,16?,17-/m0/s1. The first-order chi connectivity index (χ1) is 11.7. The second-order valence-electron chi connectivity index (χ2n) is 6.50. The Kier molecular flexibility index (Phi) is 2.78. The maximum Gasteiger partial charge on any atom is 0.220 e. The Morgan fingerprint density at radius 2 is 2.04 bits per heavy atom. The van der Waals surface area contributed by atoms with Gasteiger partial charge < -0.3 is 15.4 Å². The Morgan fingerprint density at radius 1 is 1.17 bits per heavy atom. The van der Waals surface area contributed by atoms with E-state index in [0.717, 1.165) is 29.8 Å². The summed E-state index contributed by atoms with van der Waals surface area (Å²) in [6.07, 6.45) is 6.46. The summed E-state index contributed by atoms with van der Waals surface area (Å²) in [6.45, 7) is 0. The minimum Gasteiger partial charge on any atom is -0.388 e. The third kappa shape index (κ3) is 1.77. The fourth-order valence-electron chi connectivity index (χ4n) is 4.22. The normalized spacial score (nSPS) is 24.3. The van der Waals surface area contributed by atoms with Crippen LogP contribution >= 0.6 is 0 Å². The molecule has 0 saturated heterocycles. The molecule has 1 aliphatic carbocycles. The molecule has 120 valence electrons. The van der Waals surface area contributed by atoms with Crippen LogP contribution in [0.25, 0.3) is 11.3 Å². The number of hydrogen-bond donors (Lipinski definition) is 2. The van der Waals surface area contributed by atoms with E-state index in [1.807, 2.05) is 18.6 Å². The SMILES string of the molecule is Nc1ncc2c(n1)CC[C@@H](C1c3ccccc3-c3cncn31)[C@@H]2O. The van der Waals surface area contributed by atoms with Crippen molar-refractivity contribution in [1.82, 2.24) is 19.5 Å². The summed E-state index contributed by atoms with van der Waals surface area (Å²) >= 11 is 0. The fourth-order valence-corrected chi connectivity index (χ4v) is 4.22. The van der Waals surface area contributed by atoms with E-state index in [1.165, 1.54) is 11.1 Å². The molecule has 0 spiro atoms. The Balaban J connectivity index is 1.62. The van der Waals surface area contributed by atoms with Crippen molar-refractivity contribution in [3.8, 4) is 11.3 Å². The molecule has 2 aromatic heterocycles. The number of aromatic nitrogens is 4. The monoisotopic (exact) mass is 319 g/mol. The van der Waals surface area contributed by atoms with E-state index in [0.29, 0.717) is 0 Å². The maximum absolute atomic E-state index is 11.0. The lowest BCUT2D eigenvalue weighted by atomic mass is 9.78. The molecule has 6 nitrogen and oxygen atoms in total. The minimum absolute atomic E-state index is 0.0568. The highest BCUT2D eigenvalue weighted by Crippen LogP contribution is 2.49. The zero-order chi connectivity index (χ0) is 16.3. The number of rotatable bonds is 1. The van der Waals surface area contributed by atoms with E-state index in [4.69, 9.17) is 5.73 Å². The third-order valence-electron chi connectivity index (χ3n) is 5.28. The van der Waals surface area contributed by atoms with E-state index < -0.39 is 6.10 Å². The molecule has 2 aliphatic rings. The first-order valence-corrected chi connectivity index (χ1v) is 8.14. The highest BCUT2D eigenvalue weighted by molar-refractivity contribution is 5.69. The molecule has 1 unspecified atom stereocenters. The van der Waals surface area contributed by atoms with Crippen molar-refractivity contribution < 1.29 is 5.11 Å². The van der Waals surface area contributed by atoms with Crippen LogP contribution in [-0.4, -0.2) is 24.6 Å². The summed E-state index contributed by atoms with van der Waals surface area (Å²) in [6, 6.07) is 8.45. The van der Waals surface area contributed by atoms with Gasteiger partial charge in [0, 0.05) is 23.2 Å². The molecule has 5 rings (SSSR count). The number of nitrogens with zero attached hydrogens (tertiary/aromatic N) is 4. The van der Waals surface area contributed by atoms with Gasteiger partial charge in [0.25, 0.3) is 0 Å². The molecule has 3 heterocycles. The Bertz CT molecular complexity index is 935. The summed E-state index contributed by atoms with van der Waals surface area (Å²) in [5.74, 6) is 0.323. The quantitative estimate of drug-likeness (QED) is 0.717. The lowest BCUT2D eigenvalue weighted by Gasteiger charge is -2.34. The topological polar surface area (TPSA) is 89.9 Å². The van der Waals surface area contributed by atoms with Crippen molar-refractivity contribution >= 4 is 5.95 Å². The summed E-state index contributed by atoms with van der Waals surface area (Å²) in [5, 5.41) is 11.0. The number of aryl methyl sites for hydroxylation is 1. The second-order valence-corrected chi connectivity index (χ2v) is 6.50. The second kappa shape index (κ2) is 4.88. The fraction of sp³-hybridized carbons (Fsp3) is 0.278. The zero-order valence-corrected chi connectivity index (χ0v) is 13.0. The molecule has 3 atom stereocenters. The van der Waals surface area contributed by atoms with Gasteiger partial charge in [-0.2, -0.15) is 0 Å². The van der Waals surface area contributed by atoms with E-state index in [9.17, 15) is 5.11 Å². The number of imidazole rings is 1. The van der Waals surface area contributed by atoms with Crippen LogP contribution < -0.4 is 5.73 Å². The number of hydrogen-bond acceptors (Lipinski definition) is 5. The Morgan fingerprint density at radius 3 is 2.96 bits per heavy atom. The van der Waals surface area contributed by atoms with E-state index >= 15 is 0 Å². The van der Waals surface area contributed by atoms with Gasteiger partial charge in [0.05, 0.1) is 36.1 Å². The van der Waals surface area contributed by atoms with Gasteiger partial charge in [-0.15, -0.1) is 0 Å². The van der Waals surface area contributed by atoms with Gasteiger partial charge in [-0.1, -0.05) is 24.3 Å². The number of benzene rings is 1. The van der Waals surface area contributed by atoms with Crippen LogP contribution in [0.5, 0.6) is 0 Å². The van der Waals surface area contributed by atoms with Gasteiger partial charge >= 0.3 is 0 Å². The molecule has 0 bridgehead atoms. The van der Waals surface area contributed by atoms with Gasteiger partial charge in [0.15, 0.2) is 0 Å². The molecule has 0 saturated carbocycles. The number of anilines is 1. The molecule has 0 fully saturated rings.